The van der Waals surface area contributed by atoms with E-state index in [1.54, 1.807) is 28.0 Å². The lowest BCUT2D eigenvalue weighted by atomic mass is 9.86. The van der Waals surface area contributed by atoms with Gasteiger partial charge in [-0.25, -0.2) is 0 Å². The van der Waals surface area contributed by atoms with Gasteiger partial charge in [0.25, 0.3) is 5.91 Å². The number of para-hydroxylation sites is 1. The predicted molar refractivity (Wildman–Crippen MR) is 132 cm³/mol. The Morgan fingerprint density at radius 2 is 1.54 bits per heavy atom. The summed E-state index contributed by atoms with van der Waals surface area (Å²) in [5, 5.41) is 1.06. The minimum absolute atomic E-state index is 0.0639. The van der Waals surface area contributed by atoms with E-state index in [9.17, 15) is 9.59 Å². The molecule has 4 aliphatic rings. The molecule has 184 valence electrons. The first kappa shape index (κ1) is 20.5. The molecule has 5 heterocycles. The second kappa shape index (κ2) is 7.42. The van der Waals surface area contributed by atoms with E-state index in [1.165, 1.54) is 0 Å². The molecule has 2 amide bonds. The first-order valence-corrected chi connectivity index (χ1v) is 12.2. The van der Waals surface area contributed by atoms with E-state index < -0.39 is 12.1 Å². The second-order valence-electron chi connectivity index (χ2n) is 9.56. The lowest BCUT2D eigenvalue weighted by molar-refractivity contribution is -0.145. The molecular formula is C28H21N3O6. The van der Waals surface area contributed by atoms with Crippen molar-refractivity contribution in [1.29, 1.82) is 0 Å². The van der Waals surface area contributed by atoms with Crippen LogP contribution < -0.4 is 23.8 Å². The normalized spacial score (nSPS) is 21.4. The molecule has 37 heavy (non-hydrogen) atoms. The first-order valence-electron chi connectivity index (χ1n) is 12.2. The maximum atomic E-state index is 14.0. The molecule has 0 unspecified atom stereocenters. The summed E-state index contributed by atoms with van der Waals surface area (Å²) in [5.41, 5.74) is 4.43. The summed E-state index contributed by atoms with van der Waals surface area (Å²) < 4.78 is 22.1. The summed E-state index contributed by atoms with van der Waals surface area (Å²) >= 11 is 0. The topological polar surface area (TPSA) is 93.3 Å². The zero-order valence-electron chi connectivity index (χ0n) is 19.6. The van der Waals surface area contributed by atoms with Crippen LogP contribution in [0.4, 0.5) is 5.69 Å². The fourth-order valence-corrected chi connectivity index (χ4v) is 5.97. The number of nitrogens with zero attached hydrogens (tertiary/aromatic N) is 2. The number of rotatable bonds is 2. The third-order valence-electron chi connectivity index (χ3n) is 7.64. The van der Waals surface area contributed by atoms with Crippen LogP contribution in [0.2, 0.25) is 0 Å². The van der Waals surface area contributed by atoms with Crippen LogP contribution in [0.1, 0.15) is 22.9 Å². The number of anilines is 1. The van der Waals surface area contributed by atoms with Crippen LogP contribution in [-0.2, 0) is 16.0 Å². The number of amides is 2. The monoisotopic (exact) mass is 495 g/mol. The van der Waals surface area contributed by atoms with Crippen LogP contribution >= 0.6 is 0 Å². The molecule has 4 aliphatic heterocycles. The van der Waals surface area contributed by atoms with Crippen molar-refractivity contribution < 1.29 is 28.5 Å². The summed E-state index contributed by atoms with van der Waals surface area (Å²) in [6, 6.07) is 18.0. The van der Waals surface area contributed by atoms with Crippen molar-refractivity contribution >= 4 is 28.4 Å². The number of hydrogen-bond acceptors (Lipinski definition) is 6. The predicted octanol–water partition coefficient (Wildman–Crippen LogP) is 3.51. The number of ether oxygens (including phenoxy) is 4. The number of benzene rings is 3. The van der Waals surface area contributed by atoms with Crippen molar-refractivity contribution in [3.8, 4) is 23.0 Å². The van der Waals surface area contributed by atoms with E-state index in [1.807, 2.05) is 36.4 Å². The van der Waals surface area contributed by atoms with E-state index in [4.69, 9.17) is 18.9 Å². The largest absolute Gasteiger partial charge is 0.454 e. The number of fused-ring (bicyclic) bond motifs is 6. The van der Waals surface area contributed by atoms with Crippen LogP contribution in [0.5, 0.6) is 23.0 Å². The number of nitrogens with one attached hydrogen (secondary N) is 1. The fraction of sp³-hybridized carbons (Fsp3) is 0.214. The molecule has 1 fully saturated rings. The standard InChI is InChI=1S/C28H21N3O6/c32-25-12-30(16-6-8-22-24(10-16)37-14-35-22)28(33)20-11-18-17-3-1-2-4-19(17)29-26(18)27(31(20)25)15-5-7-21-23(9-15)36-13-34-21/h1-10,20,27,29H,11-14H2/t20-,27-/m1/s1. The van der Waals surface area contributed by atoms with Crippen molar-refractivity contribution in [1.82, 2.24) is 9.88 Å². The third-order valence-corrected chi connectivity index (χ3v) is 7.64. The van der Waals surface area contributed by atoms with Gasteiger partial charge in [0.05, 0.1) is 6.04 Å². The van der Waals surface area contributed by atoms with Gasteiger partial charge in [-0.15, -0.1) is 0 Å². The van der Waals surface area contributed by atoms with E-state index in [0.717, 1.165) is 27.7 Å². The number of piperazine rings is 1. The van der Waals surface area contributed by atoms with Crippen LogP contribution in [0.25, 0.3) is 10.9 Å². The van der Waals surface area contributed by atoms with Crippen LogP contribution in [0, 0.1) is 0 Å². The number of carbonyl (C=O) groups excluding carboxylic acids is 2. The molecule has 4 aromatic rings. The van der Waals surface area contributed by atoms with Crippen molar-refractivity contribution in [3.63, 3.8) is 0 Å². The summed E-state index contributed by atoms with van der Waals surface area (Å²) in [6.45, 7) is 0.240. The fourth-order valence-electron chi connectivity index (χ4n) is 5.97. The zero-order chi connectivity index (χ0) is 24.7. The Morgan fingerprint density at radius 1 is 0.811 bits per heavy atom. The number of carbonyl (C=O) groups is 2. The van der Waals surface area contributed by atoms with Crippen molar-refractivity contribution in [2.24, 2.45) is 0 Å². The maximum Gasteiger partial charge on any atom is 0.250 e. The quantitative estimate of drug-likeness (QED) is 0.458. The SMILES string of the molecule is O=C1[C@H]2Cc3c([nH]c4ccccc34)[C@@H](c3ccc4c(c3)OCO4)N2C(=O)CN1c1ccc2c(c1)OCO2. The Kier molecular flexibility index (Phi) is 4.12. The molecule has 1 N–H and O–H groups in total. The molecule has 1 saturated heterocycles. The summed E-state index contributed by atoms with van der Waals surface area (Å²) in [7, 11) is 0. The lowest BCUT2D eigenvalue weighted by Gasteiger charge is -2.47. The molecule has 3 aromatic carbocycles. The molecule has 0 bridgehead atoms. The van der Waals surface area contributed by atoms with E-state index in [0.29, 0.717) is 35.1 Å². The molecule has 9 nitrogen and oxygen atoms in total. The average molecular weight is 495 g/mol. The van der Waals surface area contributed by atoms with Gasteiger partial charge >= 0.3 is 0 Å². The Bertz CT molecular complexity index is 1630. The van der Waals surface area contributed by atoms with Gasteiger partial charge in [0, 0.05) is 34.8 Å². The highest BCUT2D eigenvalue weighted by molar-refractivity contribution is 6.08. The Balaban J connectivity index is 1.27. The Morgan fingerprint density at radius 3 is 2.38 bits per heavy atom. The van der Waals surface area contributed by atoms with Gasteiger partial charge in [0.1, 0.15) is 12.6 Å². The lowest BCUT2D eigenvalue weighted by Crippen LogP contribution is -2.63. The van der Waals surface area contributed by atoms with Gasteiger partial charge in [0.2, 0.25) is 19.5 Å². The highest BCUT2D eigenvalue weighted by Crippen LogP contribution is 2.45. The zero-order valence-corrected chi connectivity index (χ0v) is 19.6. The molecular weight excluding hydrogens is 474 g/mol. The van der Waals surface area contributed by atoms with Crippen LogP contribution in [0.3, 0.4) is 0 Å². The molecule has 8 rings (SSSR count). The maximum absolute atomic E-state index is 14.0. The number of aromatic amines is 1. The highest BCUT2D eigenvalue weighted by Gasteiger charge is 2.49. The van der Waals surface area contributed by atoms with Gasteiger partial charge in [-0.2, -0.15) is 0 Å². The Labute approximate surface area is 211 Å². The molecule has 2 atom stereocenters. The number of hydrogen-bond donors (Lipinski definition) is 1. The van der Waals surface area contributed by atoms with E-state index in [2.05, 4.69) is 11.1 Å². The molecule has 0 spiro atoms. The third kappa shape index (κ3) is 2.91. The minimum Gasteiger partial charge on any atom is -0.454 e. The van der Waals surface area contributed by atoms with Crippen LogP contribution in [0.15, 0.2) is 60.7 Å². The smallest absolute Gasteiger partial charge is 0.250 e. The van der Waals surface area contributed by atoms with Gasteiger partial charge < -0.3 is 33.7 Å². The molecule has 0 aliphatic carbocycles. The highest BCUT2D eigenvalue weighted by atomic mass is 16.7. The molecule has 0 saturated carbocycles. The summed E-state index contributed by atoms with van der Waals surface area (Å²) in [4.78, 5) is 34.7. The second-order valence-corrected chi connectivity index (χ2v) is 9.56. The number of H-pyrrole nitrogens is 1. The number of aromatic nitrogens is 1. The van der Waals surface area contributed by atoms with Gasteiger partial charge in [0.15, 0.2) is 23.0 Å². The van der Waals surface area contributed by atoms with E-state index >= 15 is 0 Å². The average Bonchev–Trinajstić information content (AvgIpc) is 3.66. The minimum atomic E-state index is -0.659. The summed E-state index contributed by atoms with van der Waals surface area (Å²) in [6.07, 6.45) is 0.423. The van der Waals surface area contributed by atoms with E-state index in [-0.39, 0.29) is 31.9 Å². The summed E-state index contributed by atoms with van der Waals surface area (Å²) in [5.74, 6) is 2.25. The molecule has 0 radical (unpaired) electrons. The Hall–Kier alpha value is -4.66. The first-order chi connectivity index (χ1) is 18.2. The van der Waals surface area contributed by atoms with Gasteiger partial charge in [-0.1, -0.05) is 24.3 Å². The van der Waals surface area contributed by atoms with Gasteiger partial charge in [-0.05, 0) is 41.5 Å². The van der Waals surface area contributed by atoms with Crippen LogP contribution in [-0.4, -0.2) is 47.9 Å². The van der Waals surface area contributed by atoms with Crippen molar-refractivity contribution in [2.45, 2.75) is 18.5 Å². The molecule has 9 heteroatoms. The van der Waals surface area contributed by atoms with Crippen molar-refractivity contribution in [3.05, 3.63) is 77.5 Å². The van der Waals surface area contributed by atoms with Gasteiger partial charge in [-0.3, -0.25) is 9.59 Å². The molecule has 1 aromatic heterocycles. The van der Waals surface area contributed by atoms with Crippen molar-refractivity contribution in [2.75, 3.05) is 25.0 Å².